The van der Waals surface area contributed by atoms with E-state index in [0.717, 1.165) is 32.0 Å². The third-order valence-corrected chi connectivity index (χ3v) is 3.00. The minimum Gasteiger partial charge on any atom is -0.409 e. The predicted molar refractivity (Wildman–Crippen MR) is 60.0 cm³/mol. The van der Waals surface area contributed by atoms with Gasteiger partial charge in [-0.15, -0.1) is 0 Å². The number of hydrogen-bond donors (Lipinski definition) is 2. The summed E-state index contributed by atoms with van der Waals surface area (Å²) in [4.78, 5) is 0. The van der Waals surface area contributed by atoms with E-state index in [1.54, 1.807) is 0 Å². The Morgan fingerprint density at radius 2 is 2.13 bits per heavy atom. The summed E-state index contributed by atoms with van der Waals surface area (Å²) in [6, 6.07) is 0. The minimum absolute atomic E-state index is 0.310. The van der Waals surface area contributed by atoms with Crippen LogP contribution in [0.15, 0.2) is 5.16 Å². The smallest absolute Gasteiger partial charge is 0.139 e. The number of amidine groups is 1. The van der Waals surface area contributed by atoms with Crippen molar-refractivity contribution in [2.45, 2.75) is 44.9 Å². The van der Waals surface area contributed by atoms with Gasteiger partial charge in [-0.3, -0.25) is 0 Å². The molecule has 0 aliphatic heterocycles. The van der Waals surface area contributed by atoms with E-state index >= 15 is 0 Å². The van der Waals surface area contributed by atoms with Crippen LogP contribution in [0.5, 0.6) is 0 Å². The Bertz CT molecular complexity index is 191. The molecule has 0 amide bonds. The molecule has 0 unspecified atom stereocenters. The van der Waals surface area contributed by atoms with Gasteiger partial charge in [0.1, 0.15) is 5.84 Å². The molecule has 0 radical (unpaired) electrons. The normalized spacial score (nSPS) is 17.7. The first-order valence-corrected chi connectivity index (χ1v) is 5.87. The van der Waals surface area contributed by atoms with Crippen molar-refractivity contribution in [3.63, 3.8) is 0 Å². The van der Waals surface area contributed by atoms with Crippen LogP contribution in [0.4, 0.5) is 0 Å². The second kappa shape index (κ2) is 7.51. The Morgan fingerprint density at radius 1 is 1.33 bits per heavy atom. The largest absolute Gasteiger partial charge is 0.409 e. The SMILES string of the molecule is NC(CCCCOCCC1CCC1)=NO. The molecule has 1 rings (SSSR count). The lowest BCUT2D eigenvalue weighted by molar-refractivity contribution is 0.104. The van der Waals surface area contributed by atoms with Crippen molar-refractivity contribution in [1.82, 2.24) is 0 Å². The van der Waals surface area contributed by atoms with Crippen LogP contribution in [0.1, 0.15) is 44.9 Å². The summed E-state index contributed by atoms with van der Waals surface area (Å²) < 4.78 is 5.51. The number of nitrogens with zero attached hydrogens (tertiary/aromatic N) is 1. The van der Waals surface area contributed by atoms with Crippen LogP contribution in [0.3, 0.4) is 0 Å². The van der Waals surface area contributed by atoms with Gasteiger partial charge in [0.15, 0.2) is 0 Å². The van der Waals surface area contributed by atoms with E-state index < -0.39 is 0 Å². The van der Waals surface area contributed by atoms with Gasteiger partial charge in [0, 0.05) is 19.6 Å². The van der Waals surface area contributed by atoms with Crippen LogP contribution < -0.4 is 5.73 Å². The molecule has 0 spiro atoms. The molecule has 88 valence electrons. The topological polar surface area (TPSA) is 67.8 Å². The number of ether oxygens (including phenoxy) is 1. The lowest BCUT2D eigenvalue weighted by Crippen LogP contribution is -2.14. The number of nitrogens with two attached hydrogens (primary N) is 1. The van der Waals surface area contributed by atoms with Crippen LogP contribution in [-0.2, 0) is 4.74 Å². The molecule has 1 aliphatic carbocycles. The third-order valence-electron chi connectivity index (χ3n) is 3.00. The molecule has 4 heteroatoms. The molecule has 0 aromatic carbocycles. The molecule has 15 heavy (non-hydrogen) atoms. The highest BCUT2D eigenvalue weighted by molar-refractivity contribution is 5.79. The summed E-state index contributed by atoms with van der Waals surface area (Å²) in [6.45, 7) is 1.69. The highest BCUT2D eigenvalue weighted by atomic mass is 16.5. The van der Waals surface area contributed by atoms with E-state index in [0.29, 0.717) is 12.3 Å². The lowest BCUT2D eigenvalue weighted by Gasteiger charge is -2.24. The van der Waals surface area contributed by atoms with Crippen molar-refractivity contribution >= 4 is 5.84 Å². The molecule has 1 aliphatic rings. The first kappa shape index (κ1) is 12.3. The van der Waals surface area contributed by atoms with Gasteiger partial charge in [-0.25, -0.2) is 0 Å². The minimum atomic E-state index is 0.310. The predicted octanol–water partition coefficient (Wildman–Crippen LogP) is 2.11. The summed E-state index contributed by atoms with van der Waals surface area (Å²) in [6.07, 6.45) is 7.99. The van der Waals surface area contributed by atoms with E-state index in [4.69, 9.17) is 15.7 Å². The molecule has 3 N–H and O–H groups in total. The highest BCUT2D eigenvalue weighted by Crippen LogP contribution is 2.29. The molecule has 1 fully saturated rings. The van der Waals surface area contributed by atoms with Crippen LogP contribution >= 0.6 is 0 Å². The summed E-state index contributed by atoms with van der Waals surface area (Å²) in [5.74, 6) is 1.24. The second-order valence-electron chi connectivity index (χ2n) is 4.25. The Hall–Kier alpha value is -0.770. The third kappa shape index (κ3) is 5.62. The first-order valence-electron chi connectivity index (χ1n) is 5.87. The zero-order valence-corrected chi connectivity index (χ0v) is 9.32. The van der Waals surface area contributed by atoms with Crippen LogP contribution in [0.25, 0.3) is 0 Å². The lowest BCUT2D eigenvalue weighted by atomic mass is 9.83. The van der Waals surface area contributed by atoms with Crippen molar-refractivity contribution in [2.24, 2.45) is 16.8 Å². The zero-order valence-electron chi connectivity index (χ0n) is 9.32. The maximum atomic E-state index is 8.30. The van der Waals surface area contributed by atoms with Gasteiger partial charge in [0.25, 0.3) is 0 Å². The molecular weight excluding hydrogens is 192 g/mol. The van der Waals surface area contributed by atoms with Crippen molar-refractivity contribution in [2.75, 3.05) is 13.2 Å². The number of rotatable bonds is 8. The fourth-order valence-electron chi connectivity index (χ4n) is 1.69. The summed E-state index contributed by atoms with van der Waals surface area (Å²) in [7, 11) is 0. The molecule has 4 nitrogen and oxygen atoms in total. The van der Waals surface area contributed by atoms with Crippen LogP contribution in [0, 0.1) is 5.92 Å². The van der Waals surface area contributed by atoms with Crippen molar-refractivity contribution < 1.29 is 9.94 Å². The zero-order chi connectivity index (χ0) is 10.9. The average molecular weight is 214 g/mol. The van der Waals surface area contributed by atoms with Crippen molar-refractivity contribution in [3.05, 3.63) is 0 Å². The van der Waals surface area contributed by atoms with Crippen molar-refractivity contribution in [3.8, 4) is 0 Å². The fraction of sp³-hybridized carbons (Fsp3) is 0.909. The van der Waals surface area contributed by atoms with Gasteiger partial charge in [0.2, 0.25) is 0 Å². The Labute approximate surface area is 91.5 Å². The number of oxime groups is 1. The quantitative estimate of drug-likeness (QED) is 0.214. The Morgan fingerprint density at radius 3 is 2.73 bits per heavy atom. The van der Waals surface area contributed by atoms with Gasteiger partial charge in [-0.1, -0.05) is 24.4 Å². The van der Waals surface area contributed by atoms with Gasteiger partial charge in [0.05, 0.1) is 0 Å². The molecular formula is C11H22N2O2. The Balaban J connectivity index is 1.76. The fourth-order valence-corrected chi connectivity index (χ4v) is 1.69. The first-order chi connectivity index (χ1) is 7.33. The second-order valence-corrected chi connectivity index (χ2v) is 4.25. The summed E-state index contributed by atoms with van der Waals surface area (Å²) in [5.41, 5.74) is 5.34. The maximum Gasteiger partial charge on any atom is 0.139 e. The van der Waals surface area contributed by atoms with E-state index in [-0.39, 0.29) is 0 Å². The van der Waals surface area contributed by atoms with E-state index in [2.05, 4.69) is 5.16 Å². The Kier molecular flexibility index (Phi) is 6.16. The highest BCUT2D eigenvalue weighted by Gasteiger charge is 2.16. The number of unbranched alkanes of at least 4 members (excludes halogenated alkanes) is 1. The summed E-state index contributed by atoms with van der Waals surface area (Å²) in [5, 5.41) is 11.2. The van der Waals surface area contributed by atoms with Crippen LogP contribution in [0.2, 0.25) is 0 Å². The van der Waals surface area contributed by atoms with E-state index in [1.807, 2.05) is 0 Å². The molecule has 0 saturated heterocycles. The standard InChI is InChI=1S/C11H22N2O2/c12-11(13-14)6-1-2-8-15-9-7-10-4-3-5-10/h10,14H,1-9H2,(H2,12,13). The number of hydrogen-bond acceptors (Lipinski definition) is 3. The molecule has 0 heterocycles. The molecule has 0 atom stereocenters. The summed E-state index contributed by atoms with van der Waals surface area (Å²) >= 11 is 0. The maximum absolute atomic E-state index is 8.30. The molecule has 0 aromatic heterocycles. The average Bonchev–Trinajstić information content (AvgIpc) is 2.19. The monoisotopic (exact) mass is 214 g/mol. The van der Waals surface area contributed by atoms with E-state index in [1.165, 1.54) is 25.7 Å². The molecule has 0 bridgehead atoms. The van der Waals surface area contributed by atoms with Crippen molar-refractivity contribution in [1.29, 1.82) is 0 Å². The van der Waals surface area contributed by atoms with Gasteiger partial charge in [-0.2, -0.15) is 0 Å². The molecule has 1 saturated carbocycles. The molecule has 0 aromatic rings. The van der Waals surface area contributed by atoms with Gasteiger partial charge in [-0.05, 0) is 25.2 Å². The van der Waals surface area contributed by atoms with Gasteiger partial charge >= 0.3 is 0 Å². The van der Waals surface area contributed by atoms with Crippen LogP contribution in [-0.4, -0.2) is 24.3 Å². The van der Waals surface area contributed by atoms with E-state index in [9.17, 15) is 0 Å². The van der Waals surface area contributed by atoms with Gasteiger partial charge < -0.3 is 15.7 Å².